The van der Waals surface area contributed by atoms with Crippen LogP contribution in [0.3, 0.4) is 0 Å². The lowest BCUT2D eigenvalue weighted by Crippen LogP contribution is -2.71. The van der Waals surface area contributed by atoms with Gasteiger partial charge in [0, 0.05) is 61.0 Å². The van der Waals surface area contributed by atoms with E-state index in [9.17, 15) is 14.9 Å². The van der Waals surface area contributed by atoms with Crippen molar-refractivity contribution in [2.45, 2.75) is 57.5 Å². The highest BCUT2D eigenvalue weighted by atomic mass is 16.6. The van der Waals surface area contributed by atoms with Gasteiger partial charge in [-0.1, -0.05) is 30.3 Å². The standard InChI is InChI=1S/C36H37N9O4/c1-35(2,3)49-34(47)44-22-36(4,41-33(46)48-21-23-9-7-6-8-10-23)32-29(44)20-43(32)30-12-11-24(15-38-30)28-13-25(27-17-39-42(5)18-27)19-45-31(28)26(14-37)16-40-45/h6-13,15-19,29,32H,20-22H2,1-5H3,(H,41,46)/t29-,32+,36?/m0/s1. The van der Waals surface area contributed by atoms with Crippen LogP contribution in [0.4, 0.5) is 15.4 Å². The molecule has 0 radical (unpaired) electrons. The second-order valence-corrected chi connectivity index (χ2v) is 13.8. The van der Waals surface area contributed by atoms with Gasteiger partial charge in [0.2, 0.25) is 0 Å². The molecule has 0 bridgehead atoms. The highest BCUT2D eigenvalue weighted by Gasteiger charge is 2.62. The van der Waals surface area contributed by atoms with Gasteiger partial charge in [0.05, 0.1) is 41.1 Å². The van der Waals surface area contributed by atoms with Crippen molar-refractivity contribution in [1.29, 1.82) is 5.26 Å². The maximum absolute atomic E-state index is 13.3. The Bertz CT molecular complexity index is 2080. The Balaban J connectivity index is 1.17. The maximum Gasteiger partial charge on any atom is 0.410 e. The summed E-state index contributed by atoms with van der Waals surface area (Å²) in [4.78, 5) is 35.1. The number of aryl methyl sites for hydroxylation is 1. The van der Waals surface area contributed by atoms with Crippen molar-refractivity contribution in [2.75, 3.05) is 18.0 Å². The average Bonchev–Trinajstić information content (AvgIpc) is 3.73. The molecule has 2 aliphatic heterocycles. The van der Waals surface area contributed by atoms with Crippen LogP contribution >= 0.6 is 0 Å². The summed E-state index contributed by atoms with van der Waals surface area (Å²) >= 11 is 0. The van der Waals surface area contributed by atoms with E-state index in [-0.39, 0.29) is 25.2 Å². The number of pyridine rings is 2. The highest BCUT2D eigenvalue weighted by molar-refractivity contribution is 5.87. The minimum Gasteiger partial charge on any atom is -0.445 e. The van der Waals surface area contributed by atoms with Gasteiger partial charge in [0.1, 0.15) is 24.1 Å². The molecule has 4 aromatic heterocycles. The van der Waals surface area contributed by atoms with Crippen LogP contribution in [0.15, 0.2) is 79.5 Å². The van der Waals surface area contributed by atoms with Crippen molar-refractivity contribution in [3.05, 3.63) is 90.6 Å². The van der Waals surface area contributed by atoms with Crippen molar-refractivity contribution < 1.29 is 19.1 Å². The summed E-state index contributed by atoms with van der Waals surface area (Å²) in [5.41, 5.74) is 3.90. The van der Waals surface area contributed by atoms with Crippen LogP contribution in [0.1, 0.15) is 38.8 Å². The molecule has 2 fully saturated rings. The van der Waals surface area contributed by atoms with Gasteiger partial charge in [-0.05, 0) is 51.5 Å². The van der Waals surface area contributed by atoms with E-state index in [2.05, 4.69) is 26.5 Å². The normalized spacial score (nSPS) is 20.0. The number of ether oxygens (including phenoxy) is 2. The molecule has 2 aliphatic rings. The van der Waals surface area contributed by atoms with Crippen molar-refractivity contribution in [2.24, 2.45) is 7.05 Å². The summed E-state index contributed by atoms with van der Waals surface area (Å²) in [5.74, 6) is 0.690. The Hall–Kier alpha value is -5.90. The van der Waals surface area contributed by atoms with Crippen LogP contribution in [-0.2, 0) is 23.1 Å². The molecule has 2 saturated heterocycles. The van der Waals surface area contributed by atoms with Crippen LogP contribution in [0.2, 0.25) is 0 Å². The molecule has 1 aromatic carbocycles. The molecule has 13 nitrogen and oxygen atoms in total. The molecular formula is C36H37N9O4. The number of aromatic nitrogens is 5. The fraction of sp³-hybridized carbons (Fsp3) is 0.333. The molecular weight excluding hydrogens is 622 g/mol. The minimum atomic E-state index is -0.864. The zero-order chi connectivity index (χ0) is 34.5. The van der Waals surface area contributed by atoms with Crippen LogP contribution in [0.25, 0.3) is 27.8 Å². The number of carbonyl (C=O) groups is 2. The SMILES string of the molecule is Cn1cc(-c2cc(-c3ccc(N4C[C@H]5[C@@H]4C(C)(NC(=O)OCc4ccccc4)CN5C(=O)OC(C)(C)C)nc3)c3c(C#N)cnn3c2)cn1. The number of hydrogen-bond acceptors (Lipinski definition) is 9. The van der Waals surface area contributed by atoms with E-state index in [1.165, 1.54) is 0 Å². The third kappa shape index (κ3) is 6.01. The lowest BCUT2D eigenvalue weighted by molar-refractivity contribution is 0.0191. The number of nitrogens with one attached hydrogen (secondary N) is 1. The number of alkyl carbamates (subject to hydrolysis) is 1. The number of amides is 2. The van der Waals surface area contributed by atoms with E-state index in [1.807, 2.05) is 95.7 Å². The second-order valence-electron chi connectivity index (χ2n) is 13.8. The summed E-state index contributed by atoms with van der Waals surface area (Å²) in [6, 6.07) is 17.1. The summed E-state index contributed by atoms with van der Waals surface area (Å²) in [7, 11) is 1.86. The number of nitriles is 1. The molecule has 1 N–H and O–H groups in total. The van der Waals surface area contributed by atoms with Crippen molar-refractivity contribution in [3.8, 4) is 28.3 Å². The maximum atomic E-state index is 13.3. The van der Waals surface area contributed by atoms with Crippen molar-refractivity contribution in [3.63, 3.8) is 0 Å². The quantitative estimate of drug-likeness (QED) is 0.261. The zero-order valence-electron chi connectivity index (χ0n) is 28.0. The summed E-state index contributed by atoms with van der Waals surface area (Å²) in [6.07, 6.45) is 7.92. The van der Waals surface area contributed by atoms with Gasteiger partial charge < -0.3 is 19.7 Å². The monoisotopic (exact) mass is 659 g/mol. The number of fused-ring (bicyclic) bond motifs is 2. The van der Waals surface area contributed by atoms with Gasteiger partial charge in [-0.3, -0.25) is 9.58 Å². The topological polar surface area (TPSA) is 143 Å². The number of rotatable bonds is 6. The van der Waals surface area contributed by atoms with E-state index in [0.29, 0.717) is 23.4 Å². The number of hydrogen-bond donors (Lipinski definition) is 1. The van der Waals surface area contributed by atoms with Crippen LogP contribution in [0.5, 0.6) is 0 Å². The molecule has 5 aromatic rings. The Morgan fingerprint density at radius 2 is 1.84 bits per heavy atom. The molecule has 2 amide bonds. The molecule has 13 heteroatoms. The van der Waals surface area contributed by atoms with Gasteiger partial charge in [-0.25, -0.2) is 19.1 Å². The predicted octanol–water partition coefficient (Wildman–Crippen LogP) is 5.16. The summed E-state index contributed by atoms with van der Waals surface area (Å²) < 4.78 is 14.8. The molecule has 0 saturated carbocycles. The smallest absolute Gasteiger partial charge is 0.410 e. The Kier molecular flexibility index (Phi) is 7.74. The average molecular weight is 660 g/mol. The predicted molar refractivity (Wildman–Crippen MR) is 181 cm³/mol. The first kappa shape index (κ1) is 31.7. The van der Waals surface area contributed by atoms with Gasteiger partial charge in [0.25, 0.3) is 0 Å². The molecule has 3 atom stereocenters. The van der Waals surface area contributed by atoms with E-state index in [0.717, 1.165) is 27.8 Å². The molecule has 0 spiro atoms. The second kappa shape index (κ2) is 12.0. The highest BCUT2D eigenvalue weighted by Crippen LogP contribution is 2.42. The number of nitrogens with zero attached hydrogens (tertiary/aromatic N) is 8. The molecule has 1 unspecified atom stereocenters. The summed E-state index contributed by atoms with van der Waals surface area (Å²) in [5, 5.41) is 21.7. The van der Waals surface area contributed by atoms with E-state index >= 15 is 0 Å². The van der Waals surface area contributed by atoms with Gasteiger partial charge in [-0.2, -0.15) is 15.5 Å². The third-order valence-electron chi connectivity index (χ3n) is 8.99. The van der Waals surface area contributed by atoms with Crippen molar-refractivity contribution >= 4 is 23.5 Å². The lowest BCUT2D eigenvalue weighted by Gasteiger charge is -2.51. The third-order valence-corrected chi connectivity index (χ3v) is 8.99. The number of likely N-dealkylation sites (tertiary alicyclic amines) is 1. The van der Waals surface area contributed by atoms with Gasteiger partial charge in [-0.15, -0.1) is 0 Å². The number of carbonyl (C=O) groups excluding carboxylic acids is 2. The van der Waals surface area contributed by atoms with Crippen LogP contribution < -0.4 is 10.2 Å². The first-order chi connectivity index (χ1) is 23.4. The number of benzene rings is 1. The molecule has 0 aliphatic carbocycles. The Labute approximate surface area is 283 Å². The van der Waals surface area contributed by atoms with Crippen LogP contribution in [0, 0.1) is 11.3 Å². The summed E-state index contributed by atoms with van der Waals surface area (Å²) in [6.45, 7) is 8.29. The Morgan fingerprint density at radius 3 is 2.51 bits per heavy atom. The fourth-order valence-corrected chi connectivity index (χ4v) is 6.82. The largest absolute Gasteiger partial charge is 0.445 e. The molecule has 49 heavy (non-hydrogen) atoms. The van der Waals surface area contributed by atoms with E-state index < -0.39 is 23.3 Å². The first-order valence-electron chi connectivity index (χ1n) is 16.0. The minimum absolute atomic E-state index is 0.124. The zero-order valence-corrected chi connectivity index (χ0v) is 28.0. The lowest BCUT2D eigenvalue weighted by atomic mass is 9.84. The first-order valence-corrected chi connectivity index (χ1v) is 16.0. The molecule has 7 rings (SSSR count). The molecule has 6 heterocycles. The fourth-order valence-electron chi connectivity index (χ4n) is 6.82. The van der Waals surface area contributed by atoms with Crippen molar-refractivity contribution in [1.82, 2.24) is 34.6 Å². The van der Waals surface area contributed by atoms with Crippen LogP contribution in [-0.4, -0.2) is 77.8 Å². The Morgan fingerprint density at radius 1 is 1.04 bits per heavy atom. The van der Waals surface area contributed by atoms with E-state index in [4.69, 9.17) is 14.5 Å². The van der Waals surface area contributed by atoms with E-state index in [1.54, 1.807) is 32.7 Å². The number of anilines is 1. The van der Waals surface area contributed by atoms with Gasteiger partial charge in [0.15, 0.2) is 0 Å². The van der Waals surface area contributed by atoms with Gasteiger partial charge >= 0.3 is 12.2 Å². The molecule has 250 valence electrons.